The molecule has 5 rings (SSSR count). The van der Waals surface area contributed by atoms with Crippen molar-refractivity contribution < 1.29 is 0 Å². The lowest BCUT2D eigenvalue weighted by atomic mass is 9.96. The van der Waals surface area contributed by atoms with Crippen LogP contribution in [0.2, 0.25) is 0 Å². The number of anilines is 1. The summed E-state index contributed by atoms with van der Waals surface area (Å²) in [5.41, 5.74) is 10.8. The fourth-order valence-corrected chi connectivity index (χ4v) is 5.51. The van der Waals surface area contributed by atoms with Crippen molar-refractivity contribution in [3.8, 4) is 5.69 Å². The van der Waals surface area contributed by atoms with E-state index >= 15 is 0 Å². The van der Waals surface area contributed by atoms with Gasteiger partial charge >= 0.3 is 0 Å². The van der Waals surface area contributed by atoms with Crippen LogP contribution in [0.15, 0.2) is 72.9 Å². The summed E-state index contributed by atoms with van der Waals surface area (Å²) in [6.07, 6.45) is 1.85. The first-order valence-electron chi connectivity index (χ1n) is 11.7. The molecule has 4 nitrogen and oxygen atoms in total. The van der Waals surface area contributed by atoms with Crippen molar-refractivity contribution in [2.75, 3.05) is 4.90 Å². The number of hydrogen-bond acceptors (Lipinski definition) is 2. The highest BCUT2D eigenvalue weighted by molar-refractivity contribution is 7.80. The molecule has 2 aromatic heterocycles. The van der Waals surface area contributed by atoms with Gasteiger partial charge in [0.15, 0.2) is 5.11 Å². The van der Waals surface area contributed by atoms with Gasteiger partial charge in [-0.3, -0.25) is 4.98 Å². The van der Waals surface area contributed by atoms with Gasteiger partial charge in [0.25, 0.3) is 0 Å². The Bertz CT molecular complexity index is 1370. The Labute approximate surface area is 207 Å². The standard InChI is InChI=1S/C29H30N4S/c1-18-10-8-12-23(16-18)33-28(27(31-29(33)34)25-13-6-7-15-30-25)24-17-20(3)32(22(24)5)26-14-9-11-19(2)21(26)4/h6-17,27-28H,1-5H3,(H,31,34)/t27-,28+/m0/s1. The Kier molecular flexibility index (Phi) is 5.74. The van der Waals surface area contributed by atoms with E-state index < -0.39 is 0 Å². The van der Waals surface area contributed by atoms with Gasteiger partial charge in [-0.05, 0) is 105 Å². The molecule has 0 amide bonds. The van der Waals surface area contributed by atoms with Crippen molar-refractivity contribution in [1.82, 2.24) is 14.9 Å². The van der Waals surface area contributed by atoms with Crippen molar-refractivity contribution in [1.29, 1.82) is 0 Å². The third-order valence-electron chi connectivity index (χ3n) is 6.98. The smallest absolute Gasteiger partial charge is 0.174 e. The van der Waals surface area contributed by atoms with E-state index in [-0.39, 0.29) is 12.1 Å². The highest BCUT2D eigenvalue weighted by Crippen LogP contribution is 2.44. The van der Waals surface area contributed by atoms with Gasteiger partial charge in [-0.15, -0.1) is 0 Å². The van der Waals surface area contributed by atoms with E-state index in [2.05, 4.69) is 104 Å². The number of aryl methyl sites for hydroxylation is 3. The monoisotopic (exact) mass is 466 g/mol. The third-order valence-corrected chi connectivity index (χ3v) is 7.30. The van der Waals surface area contributed by atoms with Crippen LogP contribution in [0.1, 0.15) is 51.4 Å². The molecule has 3 heterocycles. The SMILES string of the molecule is Cc1cccc(N2C(=S)N[C@@H](c3ccccn3)[C@H]2c2cc(C)n(-c3cccc(C)c3C)c2C)c1. The number of aromatic nitrogens is 2. The molecule has 1 aliphatic rings. The lowest BCUT2D eigenvalue weighted by Gasteiger charge is -2.28. The molecule has 4 aromatic rings. The van der Waals surface area contributed by atoms with E-state index in [0.29, 0.717) is 0 Å². The molecule has 2 atom stereocenters. The van der Waals surface area contributed by atoms with E-state index in [1.54, 1.807) is 0 Å². The summed E-state index contributed by atoms with van der Waals surface area (Å²) < 4.78 is 2.38. The number of pyridine rings is 1. The molecule has 1 aliphatic heterocycles. The highest BCUT2D eigenvalue weighted by Gasteiger charge is 2.42. The Morgan fingerprint density at radius 3 is 2.41 bits per heavy atom. The van der Waals surface area contributed by atoms with Crippen LogP contribution in [-0.2, 0) is 0 Å². The van der Waals surface area contributed by atoms with Crippen LogP contribution in [0.3, 0.4) is 0 Å². The van der Waals surface area contributed by atoms with Crippen LogP contribution in [-0.4, -0.2) is 14.7 Å². The fraction of sp³-hybridized carbons (Fsp3) is 0.241. The predicted molar refractivity (Wildman–Crippen MR) is 144 cm³/mol. The maximum Gasteiger partial charge on any atom is 0.174 e. The van der Waals surface area contributed by atoms with Gasteiger partial charge in [0.05, 0.1) is 17.8 Å². The summed E-state index contributed by atoms with van der Waals surface area (Å²) in [6.45, 7) is 10.9. The number of hydrogen-bond donors (Lipinski definition) is 1. The molecule has 5 heteroatoms. The van der Waals surface area contributed by atoms with E-state index in [1.165, 1.54) is 39.3 Å². The van der Waals surface area contributed by atoms with Gasteiger partial charge in [0, 0.05) is 29.0 Å². The van der Waals surface area contributed by atoms with Crippen molar-refractivity contribution in [2.24, 2.45) is 0 Å². The molecular weight excluding hydrogens is 436 g/mol. The van der Waals surface area contributed by atoms with Gasteiger partial charge in [0.2, 0.25) is 0 Å². The van der Waals surface area contributed by atoms with Gasteiger partial charge in [0.1, 0.15) is 0 Å². The second-order valence-corrected chi connectivity index (χ2v) is 9.60. The summed E-state index contributed by atoms with van der Waals surface area (Å²) >= 11 is 5.91. The molecule has 1 N–H and O–H groups in total. The fourth-order valence-electron chi connectivity index (χ4n) is 5.16. The van der Waals surface area contributed by atoms with E-state index in [4.69, 9.17) is 17.2 Å². The lowest BCUT2D eigenvalue weighted by molar-refractivity contribution is 0.565. The van der Waals surface area contributed by atoms with E-state index in [9.17, 15) is 0 Å². The van der Waals surface area contributed by atoms with Crippen LogP contribution < -0.4 is 10.2 Å². The first-order valence-corrected chi connectivity index (χ1v) is 12.1. The molecule has 1 saturated heterocycles. The van der Waals surface area contributed by atoms with Crippen molar-refractivity contribution >= 4 is 23.0 Å². The Morgan fingerprint density at radius 2 is 1.68 bits per heavy atom. The number of thiocarbonyl (C=S) groups is 1. The highest BCUT2D eigenvalue weighted by atomic mass is 32.1. The molecular formula is C29H30N4S. The van der Waals surface area contributed by atoms with Gasteiger partial charge in [-0.2, -0.15) is 0 Å². The zero-order chi connectivity index (χ0) is 24.0. The molecule has 2 aromatic carbocycles. The molecule has 0 saturated carbocycles. The Morgan fingerprint density at radius 1 is 0.882 bits per heavy atom. The van der Waals surface area contributed by atoms with Crippen LogP contribution in [0.4, 0.5) is 5.69 Å². The second kappa shape index (κ2) is 8.73. The molecule has 0 radical (unpaired) electrons. The molecule has 0 bridgehead atoms. The molecule has 1 fully saturated rings. The third kappa shape index (κ3) is 3.70. The van der Waals surface area contributed by atoms with Crippen molar-refractivity contribution in [2.45, 2.75) is 46.7 Å². The van der Waals surface area contributed by atoms with Crippen LogP contribution in [0.5, 0.6) is 0 Å². The maximum absolute atomic E-state index is 5.91. The molecule has 172 valence electrons. The molecule has 0 spiro atoms. The minimum atomic E-state index is -0.0539. The largest absolute Gasteiger partial charge is 0.351 e. The van der Waals surface area contributed by atoms with Crippen molar-refractivity contribution in [3.63, 3.8) is 0 Å². The predicted octanol–water partition coefficient (Wildman–Crippen LogP) is 6.59. The van der Waals surface area contributed by atoms with Crippen LogP contribution >= 0.6 is 12.2 Å². The quantitative estimate of drug-likeness (QED) is 0.344. The Hall–Kier alpha value is -3.44. The first-order chi connectivity index (χ1) is 16.4. The van der Waals surface area contributed by atoms with Gasteiger partial charge in [-0.25, -0.2) is 0 Å². The summed E-state index contributed by atoms with van der Waals surface area (Å²) in [5.74, 6) is 0. The first kappa shape index (κ1) is 22.4. The number of nitrogens with one attached hydrogen (secondary N) is 1. The lowest BCUT2D eigenvalue weighted by Crippen LogP contribution is -2.29. The second-order valence-electron chi connectivity index (χ2n) is 9.22. The van der Waals surface area contributed by atoms with Crippen molar-refractivity contribution in [3.05, 3.63) is 112 Å². The zero-order valence-electron chi connectivity index (χ0n) is 20.3. The zero-order valence-corrected chi connectivity index (χ0v) is 21.1. The van der Waals surface area contributed by atoms with Crippen LogP contribution in [0.25, 0.3) is 5.69 Å². The summed E-state index contributed by atoms with van der Waals surface area (Å²) in [5, 5.41) is 4.31. The molecule has 0 unspecified atom stereocenters. The average Bonchev–Trinajstić information content (AvgIpc) is 3.32. The topological polar surface area (TPSA) is 33.1 Å². The summed E-state index contributed by atoms with van der Waals surface area (Å²) in [6, 6.07) is 23.4. The Balaban J connectivity index is 1.71. The number of benzene rings is 2. The molecule has 0 aliphatic carbocycles. The minimum Gasteiger partial charge on any atom is -0.351 e. The van der Waals surface area contributed by atoms with Crippen LogP contribution in [0, 0.1) is 34.6 Å². The van der Waals surface area contributed by atoms with E-state index in [0.717, 1.165) is 16.5 Å². The maximum atomic E-state index is 5.91. The summed E-state index contributed by atoms with van der Waals surface area (Å²) in [7, 11) is 0. The van der Waals surface area contributed by atoms with E-state index in [1.807, 2.05) is 18.3 Å². The summed E-state index contributed by atoms with van der Waals surface area (Å²) in [4.78, 5) is 6.96. The average molecular weight is 467 g/mol. The number of rotatable bonds is 4. The minimum absolute atomic E-state index is 0.0192. The number of nitrogens with zero attached hydrogens (tertiary/aromatic N) is 3. The normalized spacial score (nSPS) is 17.8. The van der Waals surface area contributed by atoms with Gasteiger partial charge in [-0.1, -0.05) is 30.3 Å². The van der Waals surface area contributed by atoms with Gasteiger partial charge < -0.3 is 14.8 Å². The molecule has 34 heavy (non-hydrogen) atoms.